The molecule has 0 radical (unpaired) electrons. The fourth-order valence-corrected chi connectivity index (χ4v) is 1.74. The number of carbonyl (C=O) groups is 1. The SMILES string of the molecule is N=C(c1ccc(C(=O)O)cc1)N1CCOCC1. The second-order valence-corrected chi connectivity index (χ2v) is 3.83. The molecule has 17 heavy (non-hydrogen) atoms. The zero-order valence-electron chi connectivity index (χ0n) is 9.35. The predicted octanol–water partition coefficient (Wildman–Crippen LogP) is 1.04. The first-order valence-electron chi connectivity index (χ1n) is 5.43. The Bertz CT molecular complexity index is 422. The van der Waals surface area contributed by atoms with Crippen molar-refractivity contribution in [1.82, 2.24) is 4.90 Å². The number of carboxylic acid groups (broad SMARTS) is 1. The molecule has 1 aliphatic heterocycles. The maximum absolute atomic E-state index is 10.7. The normalized spacial score (nSPS) is 15.6. The molecule has 0 aromatic heterocycles. The van der Waals surface area contributed by atoms with Crippen molar-refractivity contribution in [3.8, 4) is 0 Å². The first-order chi connectivity index (χ1) is 8.18. The van der Waals surface area contributed by atoms with Gasteiger partial charge in [0.25, 0.3) is 0 Å². The molecule has 0 bridgehead atoms. The molecule has 1 fully saturated rings. The first-order valence-corrected chi connectivity index (χ1v) is 5.43. The van der Waals surface area contributed by atoms with Gasteiger partial charge in [-0.15, -0.1) is 0 Å². The van der Waals surface area contributed by atoms with Crippen LogP contribution < -0.4 is 0 Å². The van der Waals surface area contributed by atoms with Crippen molar-refractivity contribution in [2.45, 2.75) is 0 Å². The van der Waals surface area contributed by atoms with E-state index >= 15 is 0 Å². The van der Waals surface area contributed by atoms with Crippen molar-refractivity contribution in [2.75, 3.05) is 26.3 Å². The highest BCUT2D eigenvalue weighted by atomic mass is 16.5. The number of rotatable bonds is 2. The monoisotopic (exact) mass is 234 g/mol. The van der Waals surface area contributed by atoms with Gasteiger partial charge in [-0.05, 0) is 12.1 Å². The second kappa shape index (κ2) is 4.97. The highest BCUT2D eigenvalue weighted by Gasteiger charge is 2.15. The summed E-state index contributed by atoms with van der Waals surface area (Å²) in [5, 5.41) is 16.8. The molecule has 2 N–H and O–H groups in total. The maximum Gasteiger partial charge on any atom is 0.335 e. The van der Waals surface area contributed by atoms with Gasteiger partial charge in [-0.2, -0.15) is 0 Å². The molecule has 5 heteroatoms. The lowest BCUT2D eigenvalue weighted by molar-refractivity contribution is 0.0680. The van der Waals surface area contributed by atoms with Crippen LogP contribution in [0.1, 0.15) is 15.9 Å². The molecule has 2 rings (SSSR count). The van der Waals surface area contributed by atoms with Crippen molar-refractivity contribution in [1.29, 1.82) is 5.41 Å². The molecule has 1 saturated heterocycles. The van der Waals surface area contributed by atoms with E-state index < -0.39 is 5.97 Å². The summed E-state index contributed by atoms with van der Waals surface area (Å²) in [6.45, 7) is 2.68. The number of nitrogens with one attached hydrogen (secondary N) is 1. The Balaban J connectivity index is 2.10. The van der Waals surface area contributed by atoms with Crippen molar-refractivity contribution in [3.63, 3.8) is 0 Å². The Morgan fingerprint density at radius 2 is 1.71 bits per heavy atom. The van der Waals surface area contributed by atoms with Crippen LogP contribution in [0.4, 0.5) is 0 Å². The Kier molecular flexibility index (Phi) is 3.39. The number of hydrogen-bond acceptors (Lipinski definition) is 3. The lowest BCUT2D eigenvalue weighted by Crippen LogP contribution is -2.40. The second-order valence-electron chi connectivity index (χ2n) is 3.83. The van der Waals surface area contributed by atoms with E-state index in [1.54, 1.807) is 12.1 Å². The van der Waals surface area contributed by atoms with Crippen LogP contribution in [0.5, 0.6) is 0 Å². The van der Waals surface area contributed by atoms with E-state index in [2.05, 4.69) is 0 Å². The minimum Gasteiger partial charge on any atom is -0.478 e. The molecule has 0 spiro atoms. The van der Waals surface area contributed by atoms with Crippen LogP contribution in [0.25, 0.3) is 0 Å². The van der Waals surface area contributed by atoms with Gasteiger partial charge in [0.05, 0.1) is 18.8 Å². The fourth-order valence-electron chi connectivity index (χ4n) is 1.74. The lowest BCUT2D eigenvalue weighted by Gasteiger charge is -2.29. The van der Waals surface area contributed by atoms with Crippen LogP contribution in [0, 0.1) is 5.41 Å². The van der Waals surface area contributed by atoms with E-state index in [0.29, 0.717) is 32.1 Å². The number of morpholine rings is 1. The maximum atomic E-state index is 10.7. The molecule has 90 valence electrons. The smallest absolute Gasteiger partial charge is 0.335 e. The van der Waals surface area contributed by atoms with Gasteiger partial charge < -0.3 is 14.7 Å². The summed E-state index contributed by atoms with van der Waals surface area (Å²) in [5.41, 5.74) is 0.973. The summed E-state index contributed by atoms with van der Waals surface area (Å²) >= 11 is 0. The molecule has 1 aliphatic rings. The summed E-state index contributed by atoms with van der Waals surface area (Å²) in [4.78, 5) is 12.6. The highest BCUT2D eigenvalue weighted by Crippen LogP contribution is 2.09. The van der Waals surface area contributed by atoms with Gasteiger partial charge in [0.15, 0.2) is 0 Å². The summed E-state index contributed by atoms with van der Waals surface area (Å²) < 4.78 is 5.22. The van der Waals surface area contributed by atoms with Crippen LogP contribution in [-0.2, 0) is 4.74 Å². The molecule has 1 aromatic rings. The molecule has 1 heterocycles. The average molecular weight is 234 g/mol. The van der Waals surface area contributed by atoms with E-state index in [9.17, 15) is 4.79 Å². The van der Waals surface area contributed by atoms with Crippen LogP contribution in [0.15, 0.2) is 24.3 Å². The van der Waals surface area contributed by atoms with Crippen LogP contribution in [0.3, 0.4) is 0 Å². The van der Waals surface area contributed by atoms with E-state index in [4.69, 9.17) is 15.3 Å². The number of hydrogen-bond donors (Lipinski definition) is 2. The Labute approximate surface area is 99.1 Å². The number of nitrogens with zero attached hydrogens (tertiary/aromatic N) is 1. The van der Waals surface area contributed by atoms with Gasteiger partial charge in [0.2, 0.25) is 0 Å². The minimum absolute atomic E-state index is 0.239. The van der Waals surface area contributed by atoms with Gasteiger partial charge in [-0.25, -0.2) is 4.79 Å². The third-order valence-corrected chi connectivity index (χ3v) is 2.73. The number of ether oxygens (including phenoxy) is 1. The molecule has 0 aliphatic carbocycles. The van der Waals surface area contributed by atoms with Crippen molar-refractivity contribution in [2.24, 2.45) is 0 Å². The molecular formula is C12H14N2O3. The van der Waals surface area contributed by atoms with E-state index in [1.165, 1.54) is 12.1 Å². The highest BCUT2D eigenvalue weighted by molar-refractivity contribution is 5.97. The Morgan fingerprint density at radius 3 is 2.24 bits per heavy atom. The minimum atomic E-state index is -0.950. The molecule has 0 atom stereocenters. The van der Waals surface area contributed by atoms with Crippen LogP contribution in [0.2, 0.25) is 0 Å². The lowest BCUT2D eigenvalue weighted by atomic mass is 10.1. The van der Waals surface area contributed by atoms with Gasteiger partial charge in [0.1, 0.15) is 5.84 Å². The third kappa shape index (κ3) is 2.62. The summed E-state index contributed by atoms with van der Waals surface area (Å²) in [6.07, 6.45) is 0. The number of benzene rings is 1. The fraction of sp³-hybridized carbons (Fsp3) is 0.333. The van der Waals surface area contributed by atoms with Crippen LogP contribution >= 0.6 is 0 Å². The third-order valence-electron chi connectivity index (χ3n) is 2.73. The summed E-state index contributed by atoms with van der Waals surface area (Å²) in [6, 6.07) is 6.38. The van der Waals surface area contributed by atoms with Crippen molar-refractivity contribution >= 4 is 11.8 Å². The summed E-state index contributed by atoms with van der Waals surface area (Å²) in [5.74, 6) is -0.528. The van der Waals surface area contributed by atoms with Crippen molar-refractivity contribution < 1.29 is 14.6 Å². The molecule has 0 saturated carbocycles. The van der Waals surface area contributed by atoms with Gasteiger partial charge >= 0.3 is 5.97 Å². The largest absolute Gasteiger partial charge is 0.478 e. The molecule has 5 nitrogen and oxygen atoms in total. The zero-order valence-corrected chi connectivity index (χ0v) is 9.35. The van der Waals surface area contributed by atoms with Crippen LogP contribution in [-0.4, -0.2) is 48.1 Å². The first kappa shape index (κ1) is 11.6. The topological polar surface area (TPSA) is 73.6 Å². The quantitative estimate of drug-likeness (QED) is 0.592. The number of carboxylic acids is 1. The summed E-state index contributed by atoms with van der Waals surface area (Å²) in [7, 11) is 0. The standard InChI is InChI=1S/C12H14N2O3/c13-11(14-5-7-17-8-6-14)9-1-3-10(4-2-9)12(15)16/h1-4,13H,5-8H2,(H,15,16). The zero-order chi connectivity index (χ0) is 12.3. The van der Waals surface area contributed by atoms with Gasteiger partial charge in [-0.1, -0.05) is 12.1 Å². The van der Waals surface area contributed by atoms with Crippen molar-refractivity contribution in [3.05, 3.63) is 35.4 Å². The van der Waals surface area contributed by atoms with Gasteiger partial charge in [0, 0.05) is 18.7 Å². The molecule has 0 unspecified atom stereocenters. The molecule has 1 aromatic carbocycles. The van der Waals surface area contributed by atoms with E-state index in [-0.39, 0.29) is 5.56 Å². The van der Waals surface area contributed by atoms with E-state index in [1.807, 2.05) is 4.90 Å². The van der Waals surface area contributed by atoms with E-state index in [0.717, 1.165) is 5.56 Å². The van der Waals surface area contributed by atoms with Gasteiger partial charge in [-0.3, -0.25) is 5.41 Å². The molecule has 0 amide bonds. The Morgan fingerprint density at radius 1 is 1.18 bits per heavy atom. The number of amidine groups is 1. The Hall–Kier alpha value is -1.88. The predicted molar refractivity (Wildman–Crippen MR) is 62.6 cm³/mol. The number of aromatic carboxylic acids is 1. The molecular weight excluding hydrogens is 220 g/mol. The average Bonchev–Trinajstić information content (AvgIpc) is 2.39.